The predicted octanol–water partition coefficient (Wildman–Crippen LogP) is -0.352. The third-order valence-electron chi connectivity index (χ3n) is 2.29. The molecule has 19 heavy (non-hydrogen) atoms. The van der Waals surface area contributed by atoms with Crippen LogP contribution in [0.2, 0.25) is 0 Å². The summed E-state index contributed by atoms with van der Waals surface area (Å²) in [5, 5.41) is 17.5. The zero-order chi connectivity index (χ0) is 14.8. The maximum Gasteiger partial charge on any atom is 0.334 e. The molecule has 2 fully saturated rings. The molecule has 0 aromatic rings. The summed E-state index contributed by atoms with van der Waals surface area (Å²) in [6.45, 7) is 5.60. The Balaban J connectivity index is 0.000000312. The van der Waals surface area contributed by atoms with Crippen molar-refractivity contribution in [3.05, 3.63) is 11.8 Å². The van der Waals surface area contributed by atoms with E-state index in [2.05, 4.69) is 0 Å². The van der Waals surface area contributed by atoms with E-state index in [1.807, 2.05) is 20.8 Å². The zero-order valence-electron chi connectivity index (χ0n) is 11.3. The van der Waals surface area contributed by atoms with Crippen molar-refractivity contribution >= 4 is 11.9 Å². The number of aliphatic hydroxyl groups excluding tert-OH is 1. The summed E-state index contributed by atoms with van der Waals surface area (Å²) in [4.78, 5) is 23.1. The maximum absolute atomic E-state index is 11.1. The molecule has 108 valence electrons. The monoisotopic (exact) mass is 272 g/mol. The SMILES string of the molecule is CC(C)(C)N.O=C(O)[C@H]1C(=CCO)O[C@@H]2CC(=O)N12. The van der Waals surface area contributed by atoms with Gasteiger partial charge in [0.25, 0.3) is 0 Å². The molecule has 1 amide bonds. The van der Waals surface area contributed by atoms with E-state index in [0.29, 0.717) is 0 Å². The smallest absolute Gasteiger partial charge is 0.334 e. The summed E-state index contributed by atoms with van der Waals surface area (Å²) in [6, 6.07) is -1.06. The van der Waals surface area contributed by atoms with Gasteiger partial charge in [-0.25, -0.2) is 4.79 Å². The number of carboxylic acids is 1. The molecule has 4 N–H and O–H groups in total. The number of aliphatic hydroxyl groups is 1. The second-order valence-corrected chi connectivity index (χ2v) is 5.47. The summed E-state index contributed by atoms with van der Waals surface area (Å²) in [6.07, 6.45) is 1.03. The van der Waals surface area contributed by atoms with Gasteiger partial charge in [0.05, 0.1) is 13.0 Å². The summed E-state index contributed by atoms with van der Waals surface area (Å²) in [5.74, 6) is -1.22. The van der Waals surface area contributed by atoms with Gasteiger partial charge in [-0.3, -0.25) is 9.69 Å². The second-order valence-electron chi connectivity index (χ2n) is 5.47. The predicted molar refractivity (Wildman–Crippen MR) is 66.9 cm³/mol. The van der Waals surface area contributed by atoms with Crippen LogP contribution >= 0.6 is 0 Å². The molecule has 0 bridgehead atoms. The number of nitrogens with two attached hydrogens (primary N) is 1. The molecular weight excluding hydrogens is 252 g/mol. The van der Waals surface area contributed by atoms with Crippen LogP contribution in [-0.4, -0.2) is 51.4 Å². The molecule has 0 saturated carbocycles. The van der Waals surface area contributed by atoms with Gasteiger partial charge in [-0.15, -0.1) is 0 Å². The Morgan fingerprint density at radius 1 is 1.58 bits per heavy atom. The highest BCUT2D eigenvalue weighted by atomic mass is 16.5. The van der Waals surface area contributed by atoms with Gasteiger partial charge >= 0.3 is 5.97 Å². The quantitative estimate of drug-likeness (QED) is 0.592. The van der Waals surface area contributed by atoms with Gasteiger partial charge in [-0.1, -0.05) is 0 Å². The minimum absolute atomic E-state index is 0. The highest BCUT2D eigenvalue weighted by molar-refractivity contribution is 5.91. The number of fused-ring (bicyclic) bond motifs is 1. The lowest BCUT2D eigenvalue weighted by Crippen LogP contribution is -2.54. The summed E-state index contributed by atoms with van der Waals surface area (Å²) in [7, 11) is 0. The minimum atomic E-state index is -1.14. The number of rotatable bonds is 2. The van der Waals surface area contributed by atoms with E-state index in [0.717, 1.165) is 0 Å². The number of carbonyl (C=O) groups excluding carboxylic acids is 1. The van der Waals surface area contributed by atoms with Crippen LogP contribution in [0, 0.1) is 0 Å². The average Bonchev–Trinajstić information content (AvgIpc) is 2.49. The van der Waals surface area contributed by atoms with Crippen molar-refractivity contribution in [3.63, 3.8) is 0 Å². The first-order valence-electron chi connectivity index (χ1n) is 5.95. The lowest BCUT2D eigenvalue weighted by molar-refractivity contribution is -0.163. The molecule has 0 radical (unpaired) electrons. The van der Waals surface area contributed by atoms with Crippen molar-refractivity contribution in [1.82, 2.24) is 4.90 Å². The maximum atomic E-state index is 11.1. The molecule has 2 saturated heterocycles. The molecule has 7 nitrogen and oxygen atoms in total. The Kier molecular flexibility index (Phi) is 4.54. The van der Waals surface area contributed by atoms with Gasteiger partial charge in [0.15, 0.2) is 12.3 Å². The van der Waals surface area contributed by atoms with Crippen LogP contribution in [0.5, 0.6) is 0 Å². The molecule has 0 spiro atoms. The zero-order valence-corrected chi connectivity index (χ0v) is 11.3. The third-order valence-corrected chi connectivity index (χ3v) is 2.29. The number of amides is 1. The van der Waals surface area contributed by atoms with Crippen molar-refractivity contribution < 1.29 is 24.5 Å². The van der Waals surface area contributed by atoms with Crippen LogP contribution in [0.4, 0.5) is 0 Å². The van der Waals surface area contributed by atoms with E-state index in [4.69, 9.17) is 20.7 Å². The summed E-state index contributed by atoms with van der Waals surface area (Å²) < 4.78 is 5.17. The van der Waals surface area contributed by atoms with E-state index >= 15 is 0 Å². The van der Waals surface area contributed by atoms with Crippen molar-refractivity contribution in [1.29, 1.82) is 0 Å². The minimum Gasteiger partial charge on any atom is -0.479 e. The summed E-state index contributed by atoms with van der Waals surface area (Å²) in [5.41, 5.74) is 5.35. The fourth-order valence-electron chi connectivity index (χ4n) is 1.66. The number of hydrogen-bond acceptors (Lipinski definition) is 5. The largest absolute Gasteiger partial charge is 0.479 e. The number of aliphatic carboxylic acids is 1. The van der Waals surface area contributed by atoms with Crippen LogP contribution in [0.1, 0.15) is 27.2 Å². The standard InChI is InChI=1S/C8H9NO5.C4H11N/c10-2-1-4-7(8(12)13)9-5(11)3-6(9)14-4;1-4(2,3)5/h1,6-7,10H,2-3H2,(H,12,13);5H2,1-3H3/t6-,7-;/m1./s1. The average molecular weight is 272 g/mol. The Labute approximate surface area is 111 Å². The van der Waals surface area contributed by atoms with Gasteiger partial charge < -0.3 is 20.7 Å². The normalized spacial score (nSPS) is 27.1. The molecule has 2 heterocycles. The van der Waals surface area contributed by atoms with Crippen LogP contribution in [-0.2, 0) is 14.3 Å². The molecule has 0 aliphatic carbocycles. The molecule has 2 aliphatic rings. The molecule has 2 aliphatic heterocycles. The van der Waals surface area contributed by atoms with E-state index in [1.165, 1.54) is 11.0 Å². The number of hydrogen-bond donors (Lipinski definition) is 3. The van der Waals surface area contributed by atoms with Crippen LogP contribution in [0.15, 0.2) is 11.8 Å². The molecule has 0 aromatic heterocycles. The first-order chi connectivity index (χ1) is 8.65. The van der Waals surface area contributed by atoms with E-state index in [1.54, 1.807) is 0 Å². The lowest BCUT2D eigenvalue weighted by atomic mass is 10.1. The van der Waals surface area contributed by atoms with Crippen LogP contribution in [0.3, 0.4) is 0 Å². The molecule has 2 atom stereocenters. The van der Waals surface area contributed by atoms with Crippen LogP contribution in [0.25, 0.3) is 0 Å². The van der Waals surface area contributed by atoms with Crippen molar-refractivity contribution in [2.45, 2.75) is 45.0 Å². The van der Waals surface area contributed by atoms with Gasteiger partial charge in [-0.2, -0.15) is 0 Å². The highest BCUT2D eigenvalue weighted by Gasteiger charge is 2.53. The lowest BCUT2D eigenvalue weighted by Gasteiger charge is -2.33. The van der Waals surface area contributed by atoms with Crippen molar-refractivity contribution in [2.24, 2.45) is 5.73 Å². The van der Waals surface area contributed by atoms with Crippen molar-refractivity contribution in [3.8, 4) is 0 Å². The van der Waals surface area contributed by atoms with Crippen molar-refractivity contribution in [2.75, 3.05) is 6.61 Å². The van der Waals surface area contributed by atoms with Gasteiger partial charge in [0, 0.05) is 5.54 Å². The molecule has 0 unspecified atom stereocenters. The first-order valence-corrected chi connectivity index (χ1v) is 5.95. The highest BCUT2D eigenvalue weighted by Crippen LogP contribution is 2.36. The van der Waals surface area contributed by atoms with Gasteiger partial charge in [0.1, 0.15) is 5.76 Å². The Hall–Kier alpha value is -1.60. The summed E-state index contributed by atoms with van der Waals surface area (Å²) >= 11 is 0. The number of β-lactam (4-membered cyclic amide) rings is 1. The molecule has 2 rings (SSSR count). The Morgan fingerprint density at radius 3 is 2.47 bits per heavy atom. The van der Waals surface area contributed by atoms with Gasteiger partial charge in [-0.05, 0) is 26.8 Å². The molecular formula is C12H20N2O5. The fraction of sp³-hybridized carbons (Fsp3) is 0.667. The van der Waals surface area contributed by atoms with E-state index in [9.17, 15) is 9.59 Å². The third kappa shape index (κ3) is 3.93. The van der Waals surface area contributed by atoms with Gasteiger partial charge in [0.2, 0.25) is 5.91 Å². The number of ether oxygens (including phenoxy) is 1. The van der Waals surface area contributed by atoms with E-state index in [-0.39, 0.29) is 30.2 Å². The fourth-order valence-corrected chi connectivity index (χ4v) is 1.66. The number of carbonyl (C=O) groups is 2. The Bertz CT molecular complexity index is 393. The number of carboxylic acid groups (broad SMARTS) is 1. The first kappa shape index (κ1) is 15.5. The molecule has 7 heteroatoms. The Morgan fingerprint density at radius 2 is 2.11 bits per heavy atom. The topological polar surface area (TPSA) is 113 Å². The second kappa shape index (κ2) is 5.58. The van der Waals surface area contributed by atoms with E-state index < -0.39 is 18.2 Å². The number of nitrogens with zero attached hydrogens (tertiary/aromatic N) is 1. The molecule has 0 aromatic carbocycles. The van der Waals surface area contributed by atoms with Crippen LogP contribution < -0.4 is 5.73 Å².